The second kappa shape index (κ2) is 26.1. The second-order valence-corrected chi connectivity index (χ2v) is 7.38. The van der Waals surface area contributed by atoms with Crippen LogP contribution in [0, 0.1) is 0 Å². The first-order valence-electron chi connectivity index (χ1n) is 11.1. The molecule has 0 fully saturated rings. The van der Waals surface area contributed by atoms with Gasteiger partial charge >= 0.3 is 13.3 Å². The zero-order valence-corrected chi connectivity index (χ0v) is 19.0. The van der Waals surface area contributed by atoms with Crippen LogP contribution in [0.2, 0.25) is 0 Å². The Balaban J connectivity index is -0.000000462. The molecule has 0 saturated heterocycles. The summed E-state index contributed by atoms with van der Waals surface area (Å²) in [6.07, 6.45) is 7.52. The first-order chi connectivity index (χ1) is 15.0. The van der Waals surface area contributed by atoms with Gasteiger partial charge in [-0.25, -0.2) is 0 Å². The van der Waals surface area contributed by atoms with Crippen molar-refractivity contribution in [2.24, 2.45) is 0 Å². The van der Waals surface area contributed by atoms with E-state index in [1.165, 1.54) is 57.8 Å². The molecule has 9 N–H and O–H groups in total. The number of carboxylic acids is 1. The number of aliphatic hydroxyl groups is 5. The zero-order valence-electron chi connectivity index (χ0n) is 19.0. The number of carboxylic acid groups (broad SMARTS) is 1. The number of rotatable bonds is 17. The van der Waals surface area contributed by atoms with Gasteiger partial charge in [0.2, 0.25) is 0 Å². The average molecular weight is 470 g/mol. The second-order valence-electron chi connectivity index (χ2n) is 7.38. The van der Waals surface area contributed by atoms with Crippen molar-refractivity contribution in [1.29, 1.82) is 0 Å². The van der Waals surface area contributed by atoms with E-state index >= 15 is 0 Å². The number of carbonyl (C=O) groups is 2. The van der Waals surface area contributed by atoms with E-state index < -0.39 is 44.3 Å². The van der Waals surface area contributed by atoms with Crippen LogP contribution >= 0.6 is 0 Å². The number of aldehydes is 1. The molecule has 4 atom stereocenters. The number of hydrogen-bond acceptors (Lipinski definition) is 10. The molecule has 0 aliphatic rings. The zero-order chi connectivity index (χ0) is 25.4. The van der Waals surface area contributed by atoms with E-state index in [1.54, 1.807) is 0 Å². The Morgan fingerprint density at radius 2 is 1.16 bits per heavy atom. The minimum atomic E-state index is -2.17. The van der Waals surface area contributed by atoms with Crippen LogP contribution in [-0.2, 0) is 9.59 Å². The van der Waals surface area contributed by atoms with Gasteiger partial charge in [-0.3, -0.25) is 4.79 Å². The van der Waals surface area contributed by atoms with Crippen molar-refractivity contribution in [2.75, 3.05) is 6.61 Å². The van der Waals surface area contributed by atoms with Gasteiger partial charge in [-0.15, -0.1) is 0 Å². The minimum absolute atomic E-state index is 0.0258. The SMILES string of the molecule is CCCCCCCCCCCCCC(=O)O.O=C[C@H](O)[C@@H](O)[C@H](O)[C@H](O)CO.OB(O)O. The van der Waals surface area contributed by atoms with Crippen LogP contribution in [0.3, 0.4) is 0 Å². The summed E-state index contributed by atoms with van der Waals surface area (Å²) in [6, 6.07) is 0. The topological polar surface area (TPSA) is 216 Å². The lowest BCUT2D eigenvalue weighted by molar-refractivity contribution is -0.137. The molecule has 0 radical (unpaired) electrons. The van der Waals surface area contributed by atoms with E-state index in [1.807, 2.05) is 0 Å². The molecule has 0 spiro atoms. The third kappa shape index (κ3) is 28.9. The quantitative estimate of drug-likeness (QED) is 0.0738. The summed E-state index contributed by atoms with van der Waals surface area (Å²) in [5.74, 6) is -0.657. The molecular weight excluding hydrogens is 427 g/mol. The molecule has 0 saturated carbocycles. The summed E-state index contributed by atoms with van der Waals surface area (Å²) >= 11 is 0. The predicted molar refractivity (Wildman–Crippen MR) is 118 cm³/mol. The first kappa shape index (κ1) is 35.5. The molecule has 11 nitrogen and oxygen atoms in total. The van der Waals surface area contributed by atoms with E-state index in [0.717, 1.165) is 12.8 Å². The highest BCUT2D eigenvalue weighted by Gasteiger charge is 2.29. The molecule has 12 heteroatoms. The van der Waals surface area contributed by atoms with Crippen molar-refractivity contribution in [1.82, 2.24) is 0 Å². The molecule has 0 unspecified atom stereocenters. The number of unbranched alkanes of at least 4 members (excludes halogenated alkanes) is 10. The highest BCUT2D eigenvalue weighted by Crippen LogP contribution is 2.11. The van der Waals surface area contributed by atoms with Crippen LogP contribution in [0.1, 0.15) is 84.0 Å². The molecule has 0 aromatic heterocycles. The molecule has 0 aromatic rings. The third-order valence-electron chi connectivity index (χ3n) is 4.41. The maximum Gasteiger partial charge on any atom is 0.631 e. The Morgan fingerprint density at radius 1 is 0.781 bits per heavy atom. The molecule has 0 bridgehead atoms. The van der Waals surface area contributed by atoms with Crippen LogP contribution in [0.15, 0.2) is 0 Å². The first-order valence-corrected chi connectivity index (χ1v) is 11.1. The van der Waals surface area contributed by atoms with Gasteiger partial charge in [0.25, 0.3) is 0 Å². The molecule has 0 aliphatic carbocycles. The van der Waals surface area contributed by atoms with E-state index in [9.17, 15) is 9.59 Å². The lowest BCUT2D eigenvalue weighted by Gasteiger charge is -2.22. The summed E-state index contributed by atoms with van der Waals surface area (Å²) in [7, 11) is -2.17. The van der Waals surface area contributed by atoms with Crippen LogP contribution in [0.5, 0.6) is 0 Å². The van der Waals surface area contributed by atoms with E-state index in [0.29, 0.717) is 6.42 Å². The standard InChI is InChI=1S/C14H28O2.C6H12O6.BH3O3/c1-2-3-4-5-6-7-8-9-10-11-12-13-14(15)16;7-1-3(9)5(11)6(12)4(10)2-8;2-1(3)4/h2-13H2,1H3,(H,15,16);1,3-6,8-12H,2H2;2-4H/t;3-,4+,5+,6+;/m.0./s1. The van der Waals surface area contributed by atoms with Gasteiger partial charge in [-0.05, 0) is 6.42 Å². The Morgan fingerprint density at radius 3 is 1.47 bits per heavy atom. The van der Waals surface area contributed by atoms with Crippen LogP contribution in [0.25, 0.3) is 0 Å². The van der Waals surface area contributed by atoms with Crippen molar-refractivity contribution in [3.63, 3.8) is 0 Å². The van der Waals surface area contributed by atoms with E-state index in [2.05, 4.69) is 6.92 Å². The molecule has 32 heavy (non-hydrogen) atoms. The summed E-state index contributed by atoms with van der Waals surface area (Å²) in [5, 5.41) is 73.5. The largest absolute Gasteiger partial charge is 0.631 e. The maximum absolute atomic E-state index is 10.3. The average Bonchev–Trinajstić information content (AvgIpc) is 2.75. The van der Waals surface area contributed by atoms with Crippen molar-refractivity contribution in [3.8, 4) is 0 Å². The van der Waals surface area contributed by atoms with Gasteiger partial charge < -0.3 is 50.5 Å². The summed E-state index contributed by atoms with van der Waals surface area (Å²) in [5.41, 5.74) is 0. The number of hydrogen-bond donors (Lipinski definition) is 9. The van der Waals surface area contributed by atoms with Crippen molar-refractivity contribution >= 4 is 19.6 Å². The Hall–Kier alpha value is -1.12. The fraction of sp³-hybridized carbons (Fsp3) is 0.900. The Kier molecular flexibility index (Phi) is 29.0. The normalized spacial score (nSPS) is 14.0. The molecule has 0 aromatic carbocycles. The maximum atomic E-state index is 10.3. The lowest BCUT2D eigenvalue weighted by atomic mass is 10.0. The van der Waals surface area contributed by atoms with E-state index in [4.69, 9.17) is 45.7 Å². The van der Waals surface area contributed by atoms with Gasteiger partial charge in [-0.1, -0.05) is 71.1 Å². The highest BCUT2D eigenvalue weighted by atomic mass is 16.5. The van der Waals surface area contributed by atoms with Gasteiger partial charge in [0, 0.05) is 6.42 Å². The fourth-order valence-corrected chi connectivity index (χ4v) is 2.56. The predicted octanol–water partition coefficient (Wildman–Crippen LogP) is -0.658. The van der Waals surface area contributed by atoms with Crippen LogP contribution < -0.4 is 0 Å². The number of aliphatic carboxylic acids is 1. The van der Waals surface area contributed by atoms with Crippen LogP contribution in [0.4, 0.5) is 0 Å². The number of carbonyl (C=O) groups excluding carboxylic acids is 1. The molecule has 0 heterocycles. The number of aliphatic hydroxyl groups excluding tert-OH is 5. The lowest BCUT2D eigenvalue weighted by Crippen LogP contribution is -2.46. The Bertz CT molecular complexity index is 410. The smallest absolute Gasteiger partial charge is 0.481 e. The summed E-state index contributed by atoms with van der Waals surface area (Å²) in [6.45, 7) is 1.49. The van der Waals surface area contributed by atoms with E-state index in [-0.39, 0.29) is 6.29 Å². The molecular formula is C20H43BO11. The molecule has 0 rings (SSSR count). The highest BCUT2D eigenvalue weighted by molar-refractivity contribution is 6.30. The molecule has 0 amide bonds. The molecule has 0 aliphatic heterocycles. The van der Waals surface area contributed by atoms with Crippen molar-refractivity contribution in [3.05, 3.63) is 0 Å². The summed E-state index contributed by atoms with van der Waals surface area (Å²) in [4.78, 5) is 20.2. The third-order valence-corrected chi connectivity index (χ3v) is 4.41. The Labute approximate surface area is 190 Å². The fourth-order valence-electron chi connectivity index (χ4n) is 2.56. The molecule has 192 valence electrons. The van der Waals surface area contributed by atoms with Gasteiger partial charge in [0.05, 0.1) is 6.61 Å². The minimum Gasteiger partial charge on any atom is -0.481 e. The van der Waals surface area contributed by atoms with Gasteiger partial charge in [0.1, 0.15) is 24.4 Å². The van der Waals surface area contributed by atoms with Crippen molar-refractivity contribution < 1.29 is 55.3 Å². The summed E-state index contributed by atoms with van der Waals surface area (Å²) < 4.78 is 0. The van der Waals surface area contributed by atoms with Gasteiger partial charge in [-0.2, -0.15) is 0 Å². The monoisotopic (exact) mass is 470 g/mol. The van der Waals surface area contributed by atoms with Gasteiger partial charge in [0.15, 0.2) is 6.29 Å². The van der Waals surface area contributed by atoms with Crippen molar-refractivity contribution in [2.45, 2.75) is 108 Å². The van der Waals surface area contributed by atoms with Crippen LogP contribution in [-0.4, -0.2) is 96.3 Å².